The first-order valence-corrected chi connectivity index (χ1v) is 6.42. The lowest BCUT2D eigenvalue weighted by Gasteiger charge is -2.35. The van der Waals surface area contributed by atoms with Crippen LogP contribution in [0.3, 0.4) is 0 Å². The van der Waals surface area contributed by atoms with Gasteiger partial charge in [-0.2, -0.15) is 5.26 Å². The zero-order valence-corrected chi connectivity index (χ0v) is 12.7. The van der Waals surface area contributed by atoms with Crippen LogP contribution in [0.15, 0.2) is 22.7 Å². The molecule has 0 fully saturated rings. The van der Waals surface area contributed by atoms with Crippen molar-refractivity contribution >= 4 is 15.9 Å². The van der Waals surface area contributed by atoms with Crippen molar-refractivity contribution in [1.82, 2.24) is 4.90 Å². The van der Waals surface area contributed by atoms with E-state index in [1.165, 1.54) is 11.1 Å². The highest BCUT2D eigenvalue weighted by Gasteiger charge is 2.33. The summed E-state index contributed by atoms with van der Waals surface area (Å²) in [6.07, 6.45) is 0. The molecule has 17 heavy (non-hydrogen) atoms. The molecule has 0 heterocycles. The molecule has 3 heteroatoms. The largest absolute Gasteiger partial charge is 0.301 e. The van der Waals surface area contributed by atoms with Crippen LogP contribution in [0.25, 0.3) is 0 Å². The van der Waals surface area contributed by atoms with E-state index in [1.807, 2.05) is 34.0 Å². The summed E-state index contributed by atoms with van der Waals surface area (Å²) in [7, 11) is 4.04. The van der Waals surface area contributed by atoms with Gasteiger partial charge in [0, 0.05) is 4.47 Å². The van der Waals surface area contributed by atoms with Gasteiger partial charge in [0.25, 0.3) is 0 Å². The van der Waals surface area contributed by atoms with Gasteiger partial charge in [-0.3, -0.25) is 0 Å². The van der Waals surface area contributed by atoms with Crippen LogP contribution in [0, 0.1) is 23.7 Å². The Kier molecular flexibility index (Phi) is 4.35. The summed E-state index contributed by atoms with van der Waals surface area (Å²) < 4.78 is 1.05. The van der Waals surface area contributed by atoms with Gasteiger partial charge in [-0.05, 0) is 58.1 Å². The van der Waals surface area contributed by atoms with Crippen molar-refractivity contribution < 1.29 is 0 Å². The summed E-state index contributed by atoms with van der Waals surface area (Å²) in [5, 5.41) is 9.35. The zero-order valence-electron chi connectivity index (χ0n) is 11.1. The average Bonchev–Trinajstić information content (AvgIpc) is 2.22. The van der Waals surface area contributed by atoms with Gasteiger partial charge in [0.1, 0.15) is 0 Å². The third kappa shape index (κ3) is 3.08. The molecule has 1 aromatic carbocycles. The first-order valence-electron chi connectivity index (χ1n) is 5.63. The predicted molar refractivity (Wildman–Crippen MR) is 74.7 cm³/mol. The van der Waals surface area contributed by atoms with Gasteiger partial charge in [0.2, 0.25) is 0 Å². The van der Waals surface area contributed by atoms with Crippen LogP contribution in [0.2, 0.25) is 0 Å². The predicted octanol–water partition coefficient (Wildman–Crippen LogP) is 3.91. The molecular formula is C14H19BrN2. The molecule has 1 aromatic rings. The fraction of sp³-hybridized carbons (Fsp3) is 0.500. The lowest BCUT2D eigenvalue weighted by atomic mass is 9.79. The van der Waals surface area contributed by atoms with E-state index < -0.39 is 5.41 Å². The summed E-state index contributed by atoms with van der Waals surface area (Å²) in [4.78, 5) is 2.11. The molecule has 1 rings (SSSR count). The first kappa shape index (κ1) is 14.2. The van der Waals surface area contributed by atoms with Crippen LogP contribution >= 0.6 is 15.9 Å². The van der Waals surface area contributed by atoms with Crippen molar-refractivity contribution in [3.63, 3.8) is 0 Å². The van der Waals surface area contributed by atoms with E-state index in [2.05, 4.69) is 46.0 Å². The maximum Gasteiger partial charge on any atom is 0.0714 e. The topological polar surface area (TPSA) is 27.0 Å². The van der Waals surface area contributed by atoms with Gasteiger partial charge in [-0.25, -0.2) is 0 Å². The highest BCUT2D eigenvalue weighted by atomic mass is 79.9. The maximum atomic E-state index is 9.35. The third-order valence-corrected chi connectivity index (χ3v) is 3.52. The number of halogens is 1. The molecule has 0 spiro atoms. The van der Waals surface area contributed by atoms with Crippen LogP contribution in [0.1, 0.15) is 31.0 Å². The summed E-state index contributed by atoms with van der Waals surface area (Å²) in [5.74, 6) is 0. The van der Waals surface area contributed by atoms with Gasteiger partial charge in [-0.15, -0.1) is 0 Å². The van der Waals surface area contributed by atoms with Crippen molar-refractivity contribution in [3.8, 4) is 6.07 Å². The molecule has 0 bridgehead atoms. The molecule has 2 nitrogen and oxygen atoms in total. The van der Waals surface area contributed by atoms with E-state index in [1.54, 1.807) is 0 Å². The molecule has 0 saturated carbocycles. The molecule has 92 valence electrons. The lowest BCUT2D eigenvalue weighted by molar-refractivity contribution is 0.184. The van der Waals surface area contributed by atoms with Crippen LogP contribution in [0.4, 0.5) is 0 Å². The fourth-order valence-electron chi connectivity index (χ4n) is 2.28. The van der Waals surface area contributed by atoms with Crippen LogP contribution in [-0.2, 0) is 0 Å². The Labute approximate surface area is 112 Å². The van der Waals surface area contributed by atoms with Gasteiger partial charge < -0.3 is 4.90 Å². The number of hydrogen-bond donors (Lipinski definition) is 0. The number of hydrogen-bond acceptors (Lipinski definition) is 2. The SMILES string of the molecule is Cc1ccc(Br)cc1C(N(C)C)C(C)(C)C#N. The van der Waals surface area contributed by atoms with E-state index >= 15 is 0 Å². The maximum absolute atomic E-state index is 9.35. The first-order chi connectivity index (χ1) is 7.79. The minimum Gasteiger partial charge on any atom is -0.301 e. The van der Waals surface area contributed by atoms with E-state index in [0.717, 1.165) is 4.47 Å². The molecule has 0 N–H and O–H groups in total. The van der Waals surface area contributed by atoms with Crippen LogP contribution in [-0.4, -0.2) is 19.0 Å². The third-order valence-electron chi connectivity index (χ3n) is 3.02. The minimum atomic E-state index is -0.422. The van der Waals surface area contributed by atoms with E-state index in [-0.39, 0.29) is 6.04 Å². The quantitative estimate of drug-likeness (QED) is 0.845. The number of rotatable bonds is 3. The standard InChI is InChI=1S/C14H19BrN2/c1-10-6-7-11(15)8-12(10)13(17(4)5)14(2,3)9-16/h6-8,13H,1-5H3. The smallest absolute Gasteiger partial charge is 0.0714 e. The Morgan fingerprint density at radius 1 is 1.35 bits per heavy atom. The molecule has 0 aliphatic carbocycles. The molecular weight excluding hydrogens is 276 g/mol. The minimum absolute atomic E-state index is 0.0880. The highest BCUT2D eigenvalue weighted by molar-refractivity contribution is 9.10. The second-order valence-corrected chi connectivity index (χ2v) is 6.12. The highest BCUT2D eigenvalue weighted by Crippen LogP contribution is 2.38. The Morgan fingerprint density at radius 3 is 2.41 bits per heavy atom. The van der Waals surface area contributed by atoms with Crippen molar-refractivity contribution in [2.75, 3.05) is 14.1 Å². The summed E-state index contributed by atoms with van der Waals surface area (Å²) in [6, 6.07) is 8.73. The van der Waals surface area contributed by atoms with E-state index in [4.69, 9.17) is 0 Å². The average molecular weight is 295 g/mol. The fourth-order valence-corrected chi connectivity index (χ4v) is 2.66. The lowest BCUT2D eigenvalue weighted by Crippen LogP contribution is -2.33. The molecule has 0 aliphatic heterocycles. The molecule has 0 aliphatic rings. The Bertz CT molecular complexity index is 444. The molecule has 0 saturated heterocycles. The van der Waals surface area contributed by atoms with Crippen LogP contribution < -0.4 is 0 Å². The van der Waals surface area contributed by atoms with Crippen molar-refractivity contribution in [1.29, 1.82) is 5.26 Å². The number of aryl methyl sites for hydroxylation is 1. The molecule has 0 aromatic heterocycles. The molecule has 1 unspecified atom stereocenters. The Morgan fingerprint density at radius 2 is 1.94 bits per heavy atom. The molecule has 0 amide bonds. The van der Waals surface area contributed by atoms with Crippen molar-refractivity contribution in [3.05, 3.63) is 33.8 Å². The second kappa shape index (κ2) is 5.20. The van der Waals surface area contributed by atoms with Crippen molar-refractivity contribution in [2.24, 2.45) is 5.41 Å². The van der Waals surface area contributed by atoms with Gasteiger partial charge in [-0.1, -0.05) is 22.0 Å². The van der Waals surface area contributed by atoms with E-state index in [9.17, 15) is 5.26 Å². The number of benzene rings is 1. The zero-order chi connectivity index (χ0) is 13.2. The number of nitriles is 1. The van der Waals surface area contributed by atoms with Gasteiger partial charge in [0.15, 0.2) is 0 Å². The van der Waals surface area contributed by atoms with Crippen molar-refractivity contribution in [2.45, 2.75) is 26.8 Å². The molecule has 1 atom stereocenters. The van der Waals surface area contributed by atoms with Gasteiger partial charge in [0.05, 0.1) is 17.5 Å². The monoisotopic (exact) mass is 294 g/mol. The number of nitrogens with zero attached hydrogens (tertiary/aromatic N) is 2. The second-order valence-electron chi connectivity index (χ2n) is 5.20. The normalized spacial score (nSPS) is 13.5. The van der Waals surface area contributed by atoms with Crippen LogP contribution in [0.5, 0.6) is 0 Å². The summed E-state index contributed by atoms with van der Waals surface area (Å²) in [6.45, 7) is 6.06. The summed E-state index contributed by atoms with van der Waals surface area (Å²) >= 11 is 3.50. The molecule has 0 radical (unpaired) electrons. The Hall–Kier alpha value is -0.850. The summed E-state index contributed by atoms with van der Waals surface area (Å²) in [5.41, 5.74) is 2.00. The van der Waals surface area contributed by atoms with Gasteiger partial charge >= 0.3 is 0 Å². The van der Waals surface area contributed by atoms with E-state index in [0.29, 0.717) is 0 Å². The Balaban J connectivity index is 3.34.